The first kappa shape index (κ1) is 10.4. The topological polar surface area (TPSA) is 38.1 Å². The molecule has 0 spiro atoms. The van der Waals surface area contributed by atoms with E-state index < -0.39 is 0 Å². The Balaban J connectivity index is 2.11. The molecule has 1 unspecified atom stereocenters. The van der Waals surface area contributed by atoms with Crippen molar-refractivity contribution < 1.29 is 4.42 Å². The predicted molar refractivity (Wildman–Crippen MR) is 61.1 cm³/mol. The van der Waals surface area contributed by atoms with E-state index in [1.54, 1.807) is 11.3 Å². The molecule has 1 N–H and O–H groups in total. The fourth-order valence-electron chi connectivity index (χ4n) is 1.58. The zero-order chi connectivity index (χ0) is 10.7. The van der Waals surface area contributed by atoms with Crippen molar-refractivity contribution in [2.45, 2.75) is 19.4 Å². The molecule has 3 nitrogen and oxygen atoms in total. The minimum atomic E-state index is 0.308. The monoisotopic (exact) mass is 222 g/mol. The van der Waals surface area contributed by atoms with Crippen LogP contribution in [-0.4, -0.2) is 12.0 Å². The number of furan rings is 1. The van der Waals surface area contributed by atoms with E-state index in [1.807, 2.05) is 31.9 Å². The summed E-state index contributed by atoms with van der Waals surface area (Å²) in [6.45, 7) is 1.96. The normalized spacial score (nSPS) is 12.9. The van der Waals surface area contributed by atoms with Gasteiger partial charge in [-0.2, -0.15) is 0 Å². The standard InChI is InChI=1S/C11H14N2OS/c1-8-3-9(6-14-8)11(12-2)4-10-5-13-7-15-10/h3,5-7,11-12H,4H2,1-2H3. The summed E-state index contributed by atoms with van der Waals surface area (Å²) in [6.07, 6.45) is 4.69. The van der Waals surface area contributed by atoms with Gasteiger partial charge in [0.2, 0.25) is 0 Å². The highest BCUT2D eigenvalue weighted by Gasteiger charge is 2.12. The summed E-state index contributed by atoms with van der Waals surface area (Å²) in [5.41, 5.74) is 3.06. The number of hydrogen-bond donors (Lipinski definition) is 1. The van der Waals surface area contributed by atoms with Crippen molar-refractivity contribution >= 4 is 11.3 Å². The van der Waals surface area contributed by atoms with Crippen LogP contribution in [0.25, 0.3) is 0 Å². The van der Waals surface area contributed by atoms with Gasteiger partial charge in [-0.05, 0) is 20.0 Å². The lowest BCUT2D eigenvalue weighted by atomic mass is 10.1. The van der Waals surface area contributed by atoms with Gasteiger partial charge in [0, 0.05) is 29.1 Å². The van der Waals surface area contributed by atoms with Crippen LogP contribution in [0.2, 0.25) is 0 Å². The molecule has 2 heterocycles. The first-order valence-electron chi connectivity index (χ1n) is 4.89. The highest BCUT2D eigenvalue weighted by Crippen LogP contribution is 2.21. The van der Waals surface area contributed by atoms with Crippen molar-refractivity contribution in [3.8, 4) is 0 Å². The molecule has 1 atom stereocenters. The van der Waals surface area contributed by atoms with Crippen LogP contribution in [0.1, 0.15) is 22.2 Å². The molecule has 15 heavy (non-hydrogen) atoms. The predicted octanol–water partition coefficient (Wildman–Crippen LogP) is 2.55. The third kappa shape index (κ3) is 2.46. The van der Waals surface area contributed by atoms with Crippen LogP contribution in [0.15, 0.2) is 28.5 Å². The third-order valence-corrected chi connectivity index (χ3v) is 3.19. The molecular formula is C11H14N2OS. The van der Waals surface area contributed by atoms with Gasteiger partial charge in [-0.1, -0.05) is 0 Å². The molecular weight excluding hydrogens is 208 g/mol. The van der Waals surface area contributed by atoms with Crippen molar-refractivity contribution in [2.24, 2.45) is 0 Å². The molecule has 0 aliphatic carbocycles. The molecule has 2 rings (SSSR count). The Labute approximate surface area is 93.2 Å². The number of nitrogens with zero attached hydrogens (tertiary/aromatic N) is 1. The molecule has 0 saturated carbocycles. The third-order valence-electron chi connectivity index (χ3n) is 2.39. The smallest absolute Gasteiger partial charge is 0.101 e. The van der Waals surface area contributed by atoms with Gasteiger partial charge in [0.1, 0.15) is 5.76 Å². The van der Waals surface area contributed by atoms with E-state index in [9.17, 15) is 0 Å². The maximum atomic E-state index is 5.31. The summed E-state index contributed by atoms with van der Waals surface area (Å²) >= 11 is 1.69. The van der Waals surface area contributed by atoms with E-state index >= 15 is 0 Å². The van der Waals surface area contributed by atoms with Crippen molar-refractivity contribution in [3.05, 3.63) is 40.2 Å². The largest absolute Gasteiger partial charge is 0.469 e. The van der Waals surface area contributed by atoms with Crippen LogP contribution >= 0.6 is 11.3 Å². The lowest BCUT2D eigenvalue weighted by Gasteiger charge is -2.12. The lowest BCUT2D eigenvalue weighted by molar-refractivity contribution is 0.520. The SMILES string of the molecule is CNC(Cc1cncs1)c1coc(C)c1. The van der Waals surface area contributed by atoms with Gasteiger partial charge in [0.05, 0.1) is 11.8 Å². The minimum Gasteiger partial charge on any atom is -0.469 e. The van der Waals surface area contributed by atoms with E-state index in [2.05, 4.69) is 16.4 Å². The molecule has 2 aromatic rings. The Morgan fingerprint density at radius 3 is 3.00 bits per heavy atom. The lowest BCUT2D eigenvalue weighted by Crippen LogP contribution is -2.17. The number of aryl methyl sites for hydroxylation is 1. The van der Waals surface area contributed by atoms with Crippen LogP contribution in [-0.2, 0) is 6.42 Å². The zero-order valence-electron chi connectivity index (χ0n) is 8.86. The second kappa shape index (κ2) is 4.59. The van der Waals surface area contributed by atoms with Gasteiger partial charge in [0.25, 0.3) is 0 Å². The van der Waals surface area contributed by atoms with Crippen molar-refractivity contribution in [3.63, 3.8) is 0 Å². The number of nitrogens with one attached hydrogen (secondary N) is 1. The molecule has 4 heteroatoms. The Morgan fingerprint density at radius 2 is 2.47 bits per heavy atom. The number of aromatic nitrogens is 1. The Kier molecular flexibility index (Phi) is 3.18. The van der Waals surface area contributed by atoms with Crippen LogP contribution < -0.4 is 5.32 Å². The van der Waals surface area contributed by atoms with Gasteiger partial charge in [-0.15, -0.1) is 11.3 Å². The van der Waals surface area contributed by atoms with Gasteiger partial charge in [0.15, 0.2) is 0 Å². The second-order valence-corrected chi connectivity index (χ2v) is 4.47. The molecule has 80 valence electrons. The summed E-state index contributed by atoms with van der Waals surface area (Å²) in [7, 11) is 1.97. The molecule has 0 saturated heterocycles. The summed E-state index contributed by atoms with van der Waals surface area (Å²) in [5.74, 6) is 0.953. The number of thiazole rings is 1. The van der Waals surface area contributed by atoms with E-state index in [1.165, 1.54) is 10.4 Å². The summed E-state index contributed by atoms with van der Waals surface area (Å²) in [4.78, 5) is 5.36. The molecule has 2 aromatic heterocycles. The number of hydrogen-bond acceptors (Lipinski definition) is 4. The second-order valence-electron chi connectivity index (χ2n) is 3.50. The maximum Gasteiger partial charge on any atom is 0.101 e. The van der Waals surface area contributed by atoms with Gasteiger partial charge < -0.3 is 9.73 Å². The summed E-state index contributed by atoms with van der Waals surface area (Å²) in [6, 6.07) is 2.38. The number of likely N-dealkylation sites (N-methyl/N-ethyl adjacent to an activating group) is 1. The quantitative estimate of drug-likeness (QED) is 0.864. The van der Waals surface area contributed by atoms with Crippen molar-refractivity contribution in [1.29, 1.82) is 0 Å². The first-order chi connectivity index (χ1) is 7.29. The highest BCUT2D eigenvalue weighted by molar-refractivity contribution is 7.09. The summed E-state index contributed by atoms with van der Waals surface area (Å²) < 4.78 is 5.31. The minimum absolute atomic E-state index is 0.308. The van der Waals surface area contributed by atoms with Crippen LogP contribution in [0.3, 0.4) is 0 Å². The van der Waals surface area contributed by atoms with Crippen LogP contribution in [0.5, 0.6) is 0 Å². The van der Waals surface area contributed by atoms with Gasteiger partial charge >= 0.3 is 0 Å². The molecule has 0 amide bonds. The molecule has 0 aromatic carbocycles. The fraction of sp³-hybridized carbons (Fsp3) is 0.364. The average molecular weight is 222 g/mol. The maximum absolute atomic E-state index is 5.31. The molecule has 0 aliphatic heterocycles. The van der Waals surface area contributed by atoms with E-state index in [0.29, 0.717) is 6.04 Å². The molecule has 0 bridgehead atoms. The summed E-state index contributed by atoms with van der Waals surface area (Å²) in [5, 5.41) is 3.29. The van der Waals surface area contributed by atoms with Gasteiger partial charge in [-0.3, -0.25) is 4.98 Å². The number of rotatable bonds is 4. The molecule has 0 radical (unpaired) electrons. The Hall–Kier alpha value is -1.13. The molecule has 0 aliphatic rings. The van der Waals surface area contributed by atoms with E-state index in [-0.39, 0.29) is 0 Å². The van der Waals surface area contributed by atoms with E-state index in [4.69, 9.17) is 4.42 Å². The average Bonchev–Trinajstić information content (AvgIpc) is 2.85. The first-order valence-corrected chi connectivity index (χ1v) is 5.77. The zero-order valence-corrected chi connectivity index (χ0v) is 9.67. The van der Waals surface area contributed by atoms with E-state index in [0.717, 1.165) is 12.2 Å². The Bertz CT molecular complexity index is 408. The fourth-order valence-corrected chi connectivity index (χ4v) is 2.22. The Morgan fingerprint density at radius 1 is 1.60 bits per heavy atom. The molecule has 0 fully saturated rings. The van der Waals surface area contributed by atoms with Crippen molar-refractivity contribution in [2.75, 3.05) is 7.05 Å². The van der Waals surface area contributed by atoms with Crippen molar-refractivity contribution in [1.82, 2.24) is 10.3 Å². The van der Waals surface area contributed by atoms with Crippen LogP contribution in [0.4, 0.5) is 0 Å². The van der Waals surface area contributed by atoms with Crippen LogP contribution in [0, 0.1) is 6.92 Å². The highest BCUT2D eigenvalue weighted by atomic mass is 32.1. The van der Waals surface area contributed by atoms with Gasteiger partial charge in [-0.25, -0.2) is 0 Å².